The standard InChI is InChI=1S/C23H19F6N7O2/c1-10(33-17-8-32-35-21(37)18(17)23(27,28)29)4-12(24)9-36-3-2-11-5-14(15(25)6-13(11)22(36)38)20-31-7-16(26)19(30)34-20/h2-3,5-8,10,12H,4,9H2,1H3,(H2,30,31,34)(H2,33,35,37)/t10-,12-/m1/s1. The predicted molar refractivity (Wildman–Crippen MR) is 126 cm³/mol. The van der Waals surface area contributed by atoms with Crippen molar-refractivity contribution in [1.82, 2.24) is 24.7 Å². The third-order valence-electron chi connectivity index (χ3n) is 5.62. The zero-order valence-electron chi connectivity index (χ0n) is 19.5. The average Bonchev–Trinajstić information content (AvgIpc) is 2.82. The summed E-state index contributed by atoms with van der Waals surface area (Å²) in [4.78, 5) is 31.9. The van der Waals surface area contributed by atoms with Gasteiger partial charge in [-0.1, -0.05) is 0 Å². The van der Waals surface area contributed by atoms with Crippen molar-refractivity contribution < 1.29 is 26.3 Å². The lowest BCUT2D eigenvalue weighted by Crippen LogP contribution is -2.30. The highest BCUT2D eigenvalue weighted by Gasteiger charge is 2.37. The molecule has 1 aromatic carbocycles. The Kier molecular flexibility index (Phi) is 7.11. The summed E-state index contributed by atoms with van der Waals surface area (Å²) in [6.45, 7) is 0.930. The van der Waals surface area contributed by atoms with Crippen molar-refractivity contribution in [2.24, 2.45) is 0 Å². The highest BCUT2D eigenvalue weighted by Crippen LogP contribution is 2.32. The number of nitrogen functional groups attached to an aromatic ring is 1. The Bertz CT molecular complexity index is 1620. The van der Waals surface area contributed by atoms with Crippen LogP contribution in [0.15, 0.2) is 46.4 Å². The molecule has 4 N–H and O–H groups in total. The van der Waals surface area contributed by atoms with E-state index in [-0.39, 0.29) is 28.6 Å². The lowest BCUT2D eigenvalue weighted by atomic mass is 10.1. The van der Waals surface area contributed by atoms with Gasteiger partial charge in [-0.3, -0.25) is 9.59 Å². The van der Waals surface area contributed by atoms with Gasteiger partial charge in [-0.15, -0.1) is 0 Å². The maximum Gasteiger partial charge on any atom is 0.423 e. The van der Waals surface area contributed by atoms with Gasteiger partial charge < -0.3 is 15.6 Å². The van der Waals surface area contributed by atoms with Crippen molar-refractivity contribution in [3.63, 3.8) is 0 Å². The van der Waals surface area contributed by atoms with E-state index in [4.69, 9.17) is 5.73 Å². The smallest absolute Gasteiger partial charge is 0.381 e. The summed E-state index contributed by atoms with van der Waals surface area (Å²) in [5.41, 5.74) is 1.02. The summed E-state index contributed by atoms with van der Waals surface area (Å²) < 4.78 is 83.6. The number of aromatic nitrogens is 5. The normalized spacial score (nSPS) is 13.4. The molecule has 0 spiro atoms. The van der Waals surface area contributed by atoms with E-state index in [9.17, 15) is 35.9 Å². The van der Waals surface area contributed by atoms with Crippen LogP contribution in [-0.2, 0) is 12.7 Å². The zero-order valence-corrected chi connectivity index (χ0v) is 19.5. The molecule has 0 aliphatic carbocycles. The van der Waals surface area contributed by atoms with Crippen molar-refractivity contribution in [1.29, 1.82) is 0 Å². The van der Waals surface area contributed by atoms with Gasteiger partial charge in [0.25, 0.3) is 11.1 Å². The molecule has 0 unspecified atom stereocenters. The number of anilines is 2. The number of nitrogens with one attached hydrogen (secondary N) is 2. The Morgan fingerprint density at radius 2 is 1.89 bits per heavy atom. The largest absolute Gasteiger partial charge is 0.423 e. The van der Waals surface area contributed by atoms with Gasteiger partial charge in [-0.25, -0.2) is 28.2 Å². The molecule has 4 aromatic rings. The van der Waals surface area contributed by atoms with E-state index in [0.29, 0.717) is 0 Å². The first-order valence-electron chi connectivity index (χ1n) is 11.0. The number of halogens is 6. The molecular weight excluding hydrogens is 520 g/mol. The third kappa shape index (κ3) is 5.45. The van der Waals surface area contributed by atoms with Crippen molar-refractivity contribution in [3.05, 3.63) is 74.7 Å². The topological polar surface area (TPSA) is 132 Å². The number of nitrogens with zero attached hydrogens (tertiary/aromatic N) is 4. The maximum atomic E-state index is 14.8. The highest BCUT2D eigenvalue weighted by molar-refractivity contribution is 5.86. The van der Waals surface area contributed by atoms with Crippen molar-refractivity contribution in [3.8, 4) is 11.4 Å². The van der Waals surface area contributed by atoms with Gasteiger partial charge >= 0.3 is 6.18 Å². The fourth-order valence-corrected chi connectivity index (χ4v) is 3.92. The molecule has 0 aliphatic rings. The maximum absolute atomic E-state index is 14.8. The van der Waals surface area contributed by atoms with Gasteiger partial charge in [-0.2, -0.15) is 18.3 Å². The first-order valence-corrected chi connectivity index (χ1v) is 11.0. The molecule has 2 atom stereocenters. The summed E-state index contributed by atoms with van der Waals surface area (Å²) in [6.07, 6.45) is -4.15. The van der Waals surface area contributed by atoms with Gasteiger partial charge in [0, 0.05) is 18.7 Å². The molecular formula is C23H19F6N7O2. The van der Waals surface area contributed by atoms with Crippen LogP contribution in [0.4, 0.5) is 37.8 Å². The Morgan fingerprint density at radius 1 is 1.16 bits per heavy atom. The minimum atomic E-state index is -4.96. The van der Waals surface area contributed by atoms with Crippen LogP contribution in [0, 0.1) is 11.6 Å². The van der Waals surface area contributed by atoms with Crippen LogP contribution in [0.1, 0.15) is 18.9 Å². The Hall–Kier alpha value is -4.43. The number of pyridine rings is 1. The minimum absolute atomic E-state index is 0.0772. The van der Waals surface area contributed by atoms with E-state index in [1.807, 2.05) is 0 Å². The summed E-state index contributed by atoms with van der Waals surface area (Å²) in [6, 6.07) is 2.74. The van der Waals surface area contributed by atoms with Gasteiger partial charge in [0.1, 0.15) is 17.6 Å². The third-order valence-corrected chi connectivity index (χ3v) is 5.62. The van der Waals surface area contributed by atoms with Gasteiger partial charge in [0.05, 0.1) is 35.6 Å². The molecule has 0 fully saturated rings. The Morgan fingerprint density at radius 3 is 2.58 bits per heavy atom. The van der Waals surface area contributed by atoms with Crippen LogP contribution in [0.25, 0.3) is 22.2 Å². The van der Waals surface area contributed by atoms with Crippen LogP contribution in [0.2, 0.25) is 0 Å². The molecule has 0 amide bonds. The second-order valence-electron chi connectivity index (χ2n) is 8.48. The monoisotopic (exact) mass is 539 g/mol. The molecule has 38 heavy (non-hydrogen) atoms. The molecule has 0 bridgehead atoms. The number of rotatable bonds is 7. The number of hydrogen-bond acceptors (Lipinski definition) is 7. The van der Waals surface area contributed by atoms with E-state index >= 15 is 0 Å². The molecule has 15 heteroatoms. The molecule has 0 aliphatic heterocycles. The van der Waals surface area contributed by atoms with Crippen LogP contribution in [0.5, 0.6) is 0 Å². The average molecular weight is 539 g/mol. The summed E-state index contributed by atoms with van der Waals surface area (Å²) >= 11 is 0. The molecule has 3 aromatic heterocycles. The number of benzene rings is 1. The predicted octanol–water partition coefficient (Wildman–Crippen LogP) is 3.65. The quantitative estimate of drug-likeness (QED) is 0.306. The van der Waals surface area contributed by atoms with E-state index < -0.39 is 64.8 Å². The minimum Gasteiger partial charge on any atom is -0.381 e. The molecule has 3 heterocycles. The first-order chi connectivity index (χ1) is 17.8. The van der Waals surface area contributed by atoms with Crippen LogP contribution in [-0.4, -0.2) is 36.9 Å². The highest BCUT2D eigenvalue weighted by atomic mass is 19.4. The number of nitrogens with two attached hydrogens (primary N) is 1. The summed E-state index contributed by atoms with van der Waals surface area (Å²) in [7, 11) is 0. The van der Waals surface area contributed by atoms with Crippen molar-refractivity contribution >= 4 is 22.3 Å². The first kappa shape index (κ1) is 26.6. The van der Waals surface area contributed by atoms with Crippen molar-refractivity contribution in [2.75, 3.05) is 11.1 Å². The van der Waals surface area contributed by atoms with Crippen LogP contribution < -0.4 is 22.2 Å². The van der Waals surface area contributed by atoms with Gasteiger partial charge in [-0.05, 0) is 30.5 Å². The summed E-state index contributed by atoms with van der Waals surface area (Å²) in [5, 5.41) is 7.68. The number of aromatic amines is 1. The van der Waals surface area contributed by atoms with Crippen LogP contribution in [0.3, 0.4) is 0 Å². The molecule has 0 saturated carbocycles. The fourth-order valence-electron chi connectivity index (χ4n) is 3.92. The zero-order chi connectivity index (χ0) is 27.8. The van der Waals surface area contributed by atoms with E-state index in [1.165, 1.54) is 25.3 Å². The Balaban J connectivity index is 1.53. The molecule has 200 valence electrons. The SMILES string of the molecule is C[C@H](C[C@@H](F)Cn1ccc2cc(-c3ncc(F)c(N)n3)c(F)cc2c1=O)Nc1cn[nH]c(=O)c1C(F)(F)F. The van der Waals surface area contributed by atoms with E-state index in [2.05, 4.69) is 20.4 Å². The lowest BCUT2D eigenvalue weighted by Gasteiger charge is -2.20. The summed E-state index contributed by atoms with van der Waals surface area (Å²) in [5.74, 6) is -2.44. The van der Waals surface area contributed by atoms with Crippen LogP contribution >= 0.6 is 0 Å². The molecule has 0 radical (unpaired) electrons. The molecule has 9 nitrogen and oxygen atoms in total. The molecule has 0 saturated heterocycles. The van der Waals surface area contributed by atoms with Gasteiger partial charge in [0.2, 0.25) is 0 Å². The molecule has 4 rings (SSSR count). The number of fused-ring (bicyclic) bond motifs is 1. The number of H-pyrrole nitrogens is 1. The number of alkyl halides is 4. The van der Waals surface area contributed by atoms with E-state index in [1.54, 1.807) is 5.10 Å². The Labute approximate surface area is 209 Å². The number of hydrogen-bond donors (Lipinski definition) is 3. The second-order valence-corrected chi connectivity index (χ2v) is 8.48. The lowest BCUT2D eigenvalue weighted by molar-refractivity contribution is -0.138. The van der Waals surface area contributed by atoms with E-state index in [0.717, 1.165) is 23.0 Å². The van der Waals surface area contributed by atoms with Crippen molar-refractivity contribution in [2.45, 2.75) is 38.3 Å². The second kappa shape index (κ2) is 10.1. The fraction of sp³-hybridized carbons (Fsp3) is 0.261. The van der Waals surface area contributed by atoms with Gasteiger partial charge in [0.15, 0.2) is 17.5 Å².